The Morgan fingerprint density at radius 3 is 1.22 bits per heavy atom. The molecule has 0 bridgehead atoms. The third kappa shape index (κ3) is 35.5. The summed E-state index contributed by atoms with van der Waals surface area (Å²) in [6.45, 7) is 9.52. The maximum Gasteiger partial charge on any atom is 0.221 e. The molecule has 4 N–H and O–H groups in total. The maximum atomic E-state index is 12.3. The molecule has 0 saturated carbocycles. The minimum Gasteiger partial charge on any atom is -0.395 e. The number of carbonyl (C=O) groups is 2. The van der Waals surface area contributed by atoms with Crippen molar-refractivity contribution >= 4 is 11.8 Å². The number of hydrogen-bond acceptors (Lipinski definition) is 5. The lowest BCUT2D eigenvalue weighted by Gasteiger charge is -2.21. The van der Waals surface area contributed by atoms with Crippen LogP contribution in [0.4, 0.5) is 0 Å². The van der Waals surface area contributed by atoms with Crippen molar-refractivity contribution in [1.29, 1.82) is 0 Å². The molecule has 0 rings (SSSR count). The summed E-state index contributed by atoms with van der Waals surface area (Å²) < 4.78 is 0. The second-order valence-electron chi connectivity index (χ2n) is 13.3. The van der Waals surface area contributed by atoms with Crippen molar-refractivity contribution in [3.8, 4) is 0 Å². The van der Waals surface area contributed by atoms with Crippen LogP contribution in [0.15, 0.2) is 0 Å². The molecule has 0 aliphatic rings. The zero-order chi connectivity index (χ0) is 32.9. The number of aliphatic hydroxyl groups is 1. The molecule has 0 aliphatic heterocycles. The van der Waals surface area contributed by atoms with E-state index in [4.69, 9.17) is 0 Å². The molecule has 268 valence electrons. The first-order chi connectivity index (χ1) is 22.1. The highest BCUT2D eigenvalue weighted by Gasteiger charge is 2.08. The first kappa shape index (κ1) is 43.8. The molecule has 7 nitrogen and oxygen atoms in total. The Labute approximate surface area is 280 Å². The van der Waals surface area contributed by atoms with E-state index in [-0.39, 0.29) is 18.4 Å². The van der Waals surface area contributed by atoms with Gasteiger partial charge in [-0.05, 0) is 12.8 Å². The highest BCUT2D eigenvalue weighted by atomic mass is 16.3. The Morgan fingerprint density at radius 1 is 0.444 bits per heavy atom. The lowest BCUT2D eigenvalue weighted by molar-refractivity contribution is -0.122. The fourth-order valence-electron chi connectivity index (χ4n) is 5.86. The van der Waals surface area contributed by atoms with Gasteiger partial charge in [-0.25, -0.2) is 0 Å². The second kappa shape index (κ2) is 37.3. The normalized spacial score (nSPS) is 11.4. The third-order valence-electron chi connectivity index (χ3n) is 8.91. The zero-order valence-electron chi connectivity index (χ0n) is 30.3. The number of aliphatic hydroxyl groups excluding tert-OH is 1. The molecule has 0 heterocycles. The zero-order valence-corrected chi connectivity index (χ0v) is 30.3. The Kier molecular flexibility index (Phi) is 36.3. The van der Waals surface area contributed by atoms with Gasteiger partial charge in [0.15, 0.2) is 0 Å². The Bertz CT molecular complexity index is 620. The van der Waals surface area contributed by atoms with Crippen LogP contribution in [0.2, 0.25) is 0 Å². The van der Waals surface area contributed by atoms with Crippen LogP contribution in [0.1, 0.15) is 181 Å². The van der Waals surface area contributed by atoms with Crippen LogP contribution in [-0.4, -0.2) is 74.2 Å². The Hall–Kier alpha value is -1.18. The highest BCUT2D eigenvalue weighted by molar-refractivity contribution is 5.76. The Balaban J connectivity index is 3.57. The summed E-state index contributed by atoms with van der Waals surface area (Å²) in [4.78, 5) is 26.5. The van der Waals surface area contributed by atoms with Gasteiger partial charge >= 0.3 is 0 Å². The SMILES string of the molecule is CCCCCCCCCCCCCCNC(=O)CCNCCN(CCO)CCC(=O)NCCCCCCCCCCCCCC. The van der Waals surface area contributed by atoms with E-state index in [1.807, 2.05) is 0 Å². The lowest BCUT2D eigenvalue weighted by atomic mass is 10.1. The van der Waals surface area contributed by atoms with E-state index in [9.17, 15) is 14.7 Å². The average molecular weight is 639 g/mol. The van der Waals surface area contributed by atoms with Gasteiger partial charge in [0.25, 0.3) is 0 Å². The van der Waals surface area contributed by atoms with Gasteiger partial charge in [0.05, 0.1) is 6.61 Å². The molecule has 45 heavy (non-hydrogen) atoms. The summed E-state index contributed by atoms with van der Waals surface area (Å²) in [7, 11) is 0. The van der Waals surface area contributed by atoms with Crippen molar-refractivity contribution in [2.75, 3.05) is 52.4 Å². The van der Waals surface area contributed by atoms with E-state index in [0.29, 0.717) is 32.5 Å². The number of unbranched alkanes of at least 4 members (excludes halogenated alkanes) is 22. The molecule has 0 fully saturated rings. The van der Waals surface area contributed by atoms with E-state index in [1.54, 1.807) is 0 Å². The molecular formula is C38H78N4O3. The van der Waals surface area contributed by atoms with Gasteiger partial charge in [-0.2, -0.15) is 0 Å². The van der Waals surface area contributed by atoms with Crippen LogP contribution >= 0.6 is 0 Å². The van der Waals surface area contributed by atoms with Gasteiger partial charge in [-0.1, -0.05) is 155 Å². The van der Waals surface area contributed by atoms with Crippen molar-refractivity contribution in [2.24, 2.45) is 0 Å². The monoisotopic (exact) mass is 639 g/mol. The van der Waals surface area contributed by atoms with E-state index < -0.39 is 0 Å². The highest BCUT2D eigenvalue weighted by Crippen LogP contribution is 2.13. The molecule has 0 aromatic carbocycles. The molecule has 0 unspecified atom stereocenters. The number of nitrogens with zero attached hydrogens (tertiary/aromatic N) is 1. The van der Waals surface area contributed by atoms with E-state index in [0.717, 1.165) is 39.0 Å². The summed E-state index contributed by atoms with van der Waals surface area (Å²) in [5.74, 6) is 0.210. The smallest absolute Gasteiger partial charge is 0.221 e. The van der Waals surface area contributed by atoms with Gasteiger partial charge in [0.1, 0.15) is 0 Å². The quantitative estimate of drug-likeness (QED) is 0.0514. The molecule has 0 aromatic rings. The van der Waals surface area contributed by atoms with Crippen molar-refractivity contribution in [3.05, 3.63) is 0 Å². The standard InChI is InChI=1S/C38H78N4O3/c1-3-5-7-9-11-13-15-17-19-21-23-25-29-40-37(44)27-31-39-32-34-42(35-36-43)33-28-38(45)41-30-26-24-22-20-18-16-14-12-10-8-6-4-2/h39,43H,3-36H2,1-2H3,(H,40,44)(H,41,45). The van der Waals surface area contributed by atoms with Crippen LogP contribution in [0.25, 0.3) is 0 Å². The van der Waals surface area contributed by atoms with Gasteiger partial charge < -0.3 is 21.1 Å². The number of amides is 2. The van der Waals surface area contributed by atoms with Crippen LogP contribution in [0.3, 0.4) is 0 Å². The molecule has 0 aliphatic carbocycles. The van der Waals surface area contributed by atoms with Gasteiger partial charge in [0, 0.05) is 58.7 Å². The molecule has 7 heteroatoms. The number of carbonyl (C=O) groups excluding carboxylic acids is 2. The van der Waals surface area contributed by atoms with Crippen molar-refractivity contribution in [1.82, 2.24) is 20.9 Å². The summed E-state index contributed by atoms with van der Waals surface area (Å²) in [6, 6.07) is 0. The summed E-state index contributed by atoms with van der Waals surface area (Å²) in [5.41, 5.74) is 0. The van der Waals surface area contributed by atoms with E-state index >= 15 is 0 Å². The first-order valence-electron chi connectivity index (χ1n) is 19.7. The topological polar surface area (TPSA) is 93.7 Å². The van der Waals surface area contributed by atoms with Crippen LogP contribution in [0.5, 0.6) is 0 Å². The van der Waals surface area contributed by atoms with Gasteiger partial charge in [-0.3, -0.25) is 14.5 Å². The van der Waals surface area contributed by atoms with E-state index in [1.165, 1.54) is 141 Å². The van der Waals surface area contributed by atoms with Crippen molar-refractivity contribution in [3.63, 3.8) is 0 Å². The summed E-state index contributed by atoms with van der Waals surface area (Å²) >= 11 is 0. The number of rotatable bonds is 37. The summed E-state index contributed by atoms with van der Waals surface area (Å²) in [5, 5.41) is 18.9. The maximum absolute atomic E-state index is 12.3. The molecule has 0 aromatic heterocycles. The molecule has 2 amide bonds. The fraction of sp³-hybridized carbons (Fsp3) is 0.947. The van der Waals surface area contributed by atoms with Crippen LogP contribution in [-0.2, 0) is 9.59 Å². The summed E-state index contributed by atoms with van der Waals surface area (Å²) in [6.07, 6.45) is 32.7. The Morgan fingerprint density at radius 2 is 0.822 bits per heavy atom. The minimum atomic E-state index is 0.0853. The van der Waals surface area contributed by atoms with Crippen molar-refractivity contribution in [2.45, 2.75) is 181 Å². The van der Waals surface area contributed by atoms with Crippen molar-refractivity contribution < 1.29 is 14.7 Å². The first-order valence-corrected chi connectivity index (χ1v) is 19.7. The predicted octanol–water partition coefficient (Wildman–Crippen LogP) is 8.29. The predicted molar refractivity (Wildman–Crippen MR) is 194 cm³/mol. The molecule has 0 saturated heterocycles. The van der Waals surface area contributed by atoms with E-state index in [2.05, 4.69) is 34.7 Å². The minimum absolute atomic E-state index is 0.0853. The molecular weight excluding hydrogens is 560 g/mol. The second-order valence-corrected chi connectivity index (χ2v) is 13.3. The third-order valence-corrected chi connectivity index (χ3v) is 8.91. The molecule has 0 spiro atoms. The average Bonchev–Trinajstić information content (AvgIpc) is 3.04. The van der Waals surface area contributed by atoms with Gasteiger partial charge in [-0.15, -0.1) is 0 Å². The number of hydrogen-bond donors (Lipinski definition) is 4. The molecule has 0 radical (unpaired) electrons. The largest absolute Gasteiger partial charge is 0.395 e. The lowest BCUT2D eigenvalue weighted by Crippen LogP contribution is -2.38. The molecule has 0 atom stereocenters. The fourth-order valence-corrected chi connectivity index (χ4v) is 5.86. The number of nitrogens with one attached hydrogen (secondary N) is 3. The van der Waals surface area contributed by atoms with Crippen LogP contribution in [0, 0.1) is 0 Å². The van der Waals surface area contributed by atoms with Gasteiger partial charge in [0.2, 0.25) is 11.8 Å². The van der Waals surface area contributed by atoms with Crippen LogP contribution < -0.4 is 16.0 Å².